The fourth-order valence-corrected chi connectivity index (χ4v) is 5.35. The molecule has 5 rings (SSSR count). The molecule has 3 aromatic rings. The summed E-state index contributed by atoms with van der Waals surface area (Å²) in [6, 6.07) is 24.3. The van der Waals surface area contributed by atoms with E-state index < -0.39 is 0 Å². The first-order valence-electron chi connectivity index (χ1n) is 11.2. The highest BCUT2D eigenvalue weighted by Crippen LogP contribution is 2.36. The van der Waals surface area contributed by atoms with Crippen LogP contribution < -0.4 is 5.56 Å². The third-order valence-corrected chi connectivity index (χ3v) is 6.77. The number of hydrogen-bond acceptors (Lipinski definition) is 3. The van der Waals surface area contributed by atoms with E-state index in [0.29, 0.717) is 23.0 Å². The quantitative estimate of drug-likeness (QED) is 0.626. The summed E-state index contributed by atoms with van der Waals surface area (Å²) in [5.41, 5.74) is 4.78. The first kappa shape index (κ1) is 19.8. The number of aromatic nitrogens is 1. The van der Waals surface area contributed by atoms with E-state index in [4.69, 9.17) is 0 Å². The van der Waals surface area contributed by atoms with Gasteiger partial charge in [-0.2, -0.15) is 5.26 Å². The van der Waals surface area contributed by atoms with Gasteiger partial charge in [-0.25, -0.2) is 0 Å². The zero-order valence-corrected chi connectivity index (χ0v) is 17.7. The van der Waals surface area contributed by atoms with Gasteiger partial charge in [0.25, 0.3) is 5.56 Å². The Morgan fingerprint density at radius 3 is 2.68 bits per heavy atom. The molecule has 3 heterocycles. The van der Waals surface area contributed by atoms with Crippen molar-refractivity contribution in [3.63, 3.8) is 0 Å². The normalized spacial score (nSPS) is 20.1. The standard InChI is InChI=1S/C27H27N3O/c28-16-21-8-4-10-23(14-21)25-11-12-26-24-15-22(18-30(26)27(25)31)17-29(19-24)13-5-9-20-6-2-1-3-7-20/h1-4,6-8,10-12,14,22,24H,5,9,13,15,17-19H2/t22-,24-/m1/s1. The Hall–Kier alpha value is -3.16. The van der Waals surface area contributed by atoms with Gasteiger partial charge in [-0.1, -0.05) is 42.5 Å². The third kappa shape index (κ3) is 4.06. The summed E-state index contributed by atoms with van der Waals surface area (Å²) in [4.78, 5) is 15.9. The molecule has 0 N–H and O–H groups in total. The van der Waals surface area contributed by atoms with Crippen LogP contribution >= 0.6 is 0 Å². The zero-order chi connectivity index (χ0) is 21.2. The smallest absolute Gasteiger partial charge is 0.258 e. The van der Waals surface area contributed by atoms with Crippen molar-refractivity contribution < 1.29 is 0 Å². The van der Waals surface area contributed by atoms with Crippen LogP contribution in [0.3, 0.4) is 0 Å². The molecule has 2 atom stereocenters. The van der Waals surface area contributed by atoms with Gasteiger partial charge < -0.3 is 9.47 Å². The molecule has 0 aliphatic carbocycles. The topological polar surface area (TPSA) is 49.0 Å². The number of piperidine rings is 1. The van der Waals surface area contributed by atoms with Crippen molar-refractivity contribution in [1.82, 2.24) is 9.47 Å². The third-order valence-electron chi connectivity index (χ3n) is 6.77. The highest BCUT2D eigenvalue weighted by atomic mass is 16.1. The second-order valence-corrected chi connectivity index (χ2v) is 8.93. The molecular weight excluding hydrogens is 382 g/mol. The van der Waals surface area contributed by atoms with Crippen LogP contribution in [0.5, 0.6) is 0 Å². The lowest BCUT2D eigenvalue weighted by Gasteiger charge is -2.43. The monoisotopic (exact) mass is 409 g/mol. The Kier molecular flexibility index (Phi) is 5.44. The number of rotatable bonds is 5. The molecule has 1 aromatic heterocycles. The molecule has 1 fully saturated rings. The number of nitriles is 1. The number of benzene rings is 2. The van der Waals surface area contributed by atoms with Crippen LogP contribution in [0, 0.1) is 17.2 Å². The predicted octanol–water partition coefficient (Wildman–Crippen LogP) is 4.44. The summed E-state index contributed by atoms with van der Waals surface area (Å²) in [5, 5.41) is 9.19. The number of pyridine rings is 1. The predicted molar refractivity (Wildman–Crippen MR) is 123 cm³/mol. The molecule has 0 radical (unpaired) electrons. The number of likely N-dealkylation sites (tertiary alicyclic amines) is 1. The van der Waals surface area contributed by atoms with E-state index in [-0.39, 0.29) is 5.56 Å². The zero-order valence-electron chi connectivity index (χ0n) is 17.7. The molecule has 2 bridgehead atoms. The molecule has 4 heteroatoms. The van der Waals surface area contributed by atoms with Gasteiger partial charge in [-0.05, 0) is 67.1 Å². The van der Waals surface area contributed by atoms with Crippen molar-refractivity contribution in [2.75, 3.05) is 19.6 Å². The van der Waals surface area contributed by atoms with E-state index in [1.54, 1.807) is 6.07 Å². The highest BCUT2D eigenvalue weighted by molar-refractivity contribution is 5.64. The van der Waals surface area contributed by atoms with Gasteiger partial charge >= 0.3 is 0 Å². The molecule has 0 spiro atoms. The maximum Gasteiger partial charge on any atom is 0.258 e. The lowest BCUT2D eigenvalue weighted by Crippen LogP contribution is -2.47. The minimum absolute atomic E-state index is 0.0832. The van der Waals surface area contributed by atoms with E-state index >= 15 is 0 Å². The molecule has 1 saturated heterocycles. The number of fused-ring (bicyclic) bond motifs is 4. The molecular formula is C27H27N3O. The average molecular weight is 410 g/mol. The highest BCUT2D eigenvalue weighted by Gasteiger charge is 2.34. The minimum atomic E-state index is 0.0832. The number of hydrogen-bond donors (Lipinski definition) is 0. The summed E-state index contributed by atoms with van der Waals surface area (Å²) >= 11 is 0. The van der Waals surface area contributed by atoms with E-state index in [9.17, 15) is 10.1 Å². The summed E-state index contributed by atoms with van der Waals surface area (Å²) in [6.07, 6.45) is 3.47. The number of aryl methyl sites for hydroxylation is 1. The van der Waals surface area contributed by atoms with Crippen LogP contribution in [-0.2, 0) is 13.0 Å². The van der Waals surface area contributed by atoms with Crippen molar-refractivity contribution in [3.8, 4) is 17.2 Å². The van der Waals surface area contributed by atoms with Gasteiger partial charge in [0, 0.05) is 36.8 Å². The summed E-state index contributed by atoms with van der Waals surface area (Å²) < 4.78 is 2.01. The Morgan fingerprint density at radius 1 is 0.968 bits per heavy atom. The fraction of sp³-hybridized carbons (Fsp3) is 0.333. The van der Waals surface area contributed by atoms with Crippen molar-refractivity contribution in [2.45, 2.75) is 31.7 Å². The molecule has 2 aromatic carbocycles. The minimum Gasteiger partial charge on any atom is -0.311 e. The van der Waals surface area contributed by atoms with Crippen molar-refractivity contribution in [2.24, 2.45) is 5.92 Å². The second kappa shape index (κ2) is 8.53. The summed E-state index contributed by atoms with van der Waals surface area (Å²) in [6.45, 7) is 4.02. The largest absolute Gasteiger partial charge is 0.311 e. The Bertz CT molecular complexity index is 1180. The molecule has 0 amide bonds. The molecule has 0 saturated carbocycles. The first-order valence-corrected chi connectivity index (χ1v) is 11.2. The van der Waals surface area contributed by atoms with Crippen LogP contribution in [0.1, 0.15) is 35.6 Å². The van der Waals surface area contributed by atoms with Crippen LogP contribution in [0.4, 0.5) is 0 Å². The van der Waals surface area contributed by atoms with E-state index in [1.165, 1.54) is 24.1 Å². The van der Waals surface area contributed by atoms with E-state index in [2.05, 4.69) is 47.4 Å². The molecule has 0 unspecified atom stereocenters. The van der Waals surface area contributed by atoms with Gasteiger partial charge in [0.1, 0.15) is 0 Å². The lowest BCUT2D eigenvalue weighted by molar-refractivity contribution is 0.119. The molecule has 31 heavy (non-hydrogen) atoms. The molecule has 4 nitrogen and oxygen atoms in total. The van der Waals surface area contributed by atoms with Crippen LogP contribution in [0.2, 0.25) is 0 Å². The van der Waals surface area contributed by atoms with Gasteiger partial charge in [-0.3, -0.25) is 4.79 Å². The van der Waals surface area contributed by atoms with Crippen LogP contribution in [-0.4, -0.2) is 29.1 Å². The maximum absolute atomic E-state index is 13.3. The lowest BCUT2D eigenvalue weighted by atomic mass is 9.82. The van der Waals surface area contributed by atoms with Gasteiger partial charge in [0.15, 0.2) is 0 Å². The summed E-state index contributed by atoms with van der Waals surface area (Å²) in [5.74, 6) is 0.956. The van der Waals surface area contributed by atoms with Gasteiger partial charge in [-0.15, -0.1) is 0 Å². The average Bonchev–Trinajstić information content (AvgIpc) is 2.80. The van der Waals surface area contributed by atoms with Crippen LogP contribution in [0.25, 0.3) is 11.1 Å². The Labute approximate surface area is 183 Å². The Balaban J connectivity index is 1.32. The number of nitrogens with zero attached hydrogens (tertiary/aromatic N) is 3. The maximum atomic E-state index is 13.3. The van der Waals surface area contributed by atoms with Crippen molar-refractivity contribution >= 4 is 0 Å². The van der Waals surface area contributed by atoms with Crippen LogP contribution in [0.15, 0.2) is 71.5 Å². The van der Waals surface area contributed by atoms with Gasteiger partial charge in [0.2, 0.25) is 0 Å². The van der Waals surface area contributed by atoms with E-state index in [0.717, 1.165) is 38.2 Å². The second-order valence-electron chi connectivity index (χ2n) is 8.93. The summed E-state index contributed by atoms with van der Waals surface area (Å²) in [7, 11) is 0. The molecule has 2 aliphatic heterocycles. The fourth-order valence-electron chi connectivity index (χ4n) is 5.35. The van der Waals surface area contributed by atoms with Gasteiger partial charge in [0.05, 0.1) is 11.6 Å². The van der Waals surface area contributed by atoms with E-state index in [1.807, 2.05) is 28.8 Å². The molecule has 156 valence electrons. The Morgan fingerprint density at radius 2 is 1.84 bits per heavy atom. The van der Waals surface area contributed by atoms with Crippen molar-refractivity contribution in [1.29, 1.82) is 5.26 Å². The first-order chi connectivity index (χ1) is 15.2. The van der Waals surface area contributed by atoms with Crippen molar-refractivity contribution in [3.05, 3.63) is 93.9 Å². The SMILES string of the molecule is N#Cc1cccc(-c2ccc3n(c2=O)C[C@@H]2C[C@@H]3CN(CCCc3ccccc3)C2)c1. The molecule has 2 aliphatic rings.